The zero-order valence-corrected chi connectivity index (χ0v) is 13.9. The smallest absolute Gasteiger partial charge is 0.255 e. The summed E-state index contributed by atoms with van der Waals surface area (Å²) in [5.74, 6) is -0.124. The third-order valence-corrected chi connectivity index (χ3v) is 4.40. The molecule has 4 heteroatoms. The van der Waals surface area contributed by atoms with Crippen molar-refractivity contribution in [1.82, 2.24) is 10.2 Å². The Balaban J connectivity index is 1.71. The Hall–Kier alpha value is -2.62. The van der Waals surface area contributed by atoms with Gasteiger partial charge in [-0.3, -0.25) is 9.59 Å². The van der Waals surface area contributed by atoms with Crippen LogP contribution in [0.4, 0.5) is 0 Å². The fourth-order valence-corrected chi connectivity index (χ4v) is 3.13. The molecule has 0 aromatic heterocycles. The van der Waals surface area contributed by atoms with E-state index in [2.05, 4.69) is 5.32 Å². The molecule has 0 saturated heterocycles. The van der Waals surface area contributed by atoms with Crippen LogP contribution in [0.1, 0.15) is 41.3 Å². The fourth-order valence-electron chi connectivity index (χ4n) is 3.13. The summed E-state index contributed by atoms with van der Waals surface area (Å²) in [4.78, 5) is 27.0. The lowest BCUT2D eigenvalue weighted by molar-refractivity contribution is -0.126. The van der Waals surface area contributed by atoms with Crippen molar-refractivity contribution in [2.45, 2.75) is 38.9 Å². The maximum Gasteiger partial charge on any atom is 0.255 e. The first-order chi connectivity index (χ1) is 11.7. The summed E-state index contributed by atoms with van der Waals surface area (Å²) in [5, 5.41) is 2.98. The number of rotatable bonds is 6. The number of hydrogen-bond donors (Lipinski definition) is 1. The lowest BCUT2D eigenvalue weighted by atomic mass is 10.1. The molecular formula is C20H22N2O2. The number of benzene rings is 2. The molecule has 1 aliphatic rings. The lowest BCUT2D eigenvalue weighted by Crippen LogP contribution is -2.46. The standard InChI is InChI=1S/C20H22N2O2/c1-2-8-18(19(23)21-13-15-9-4-3-5-10-15)22-14-16-11-6-7-12-17(16)20(22)24/h3-7,9-12,18H,2,8,13-14H2,1H3,(H,21,23). The lowest BCUT2D eigenvalue weighted by Gasteiger charge is -2.26. The first-order valence-electron chi connectivity index (χ1n) is 8.41. The zero-order chi connectivity index (χ0) is 16.9. The first kappa shape index (κ1) is 16.2. The predicted molar refractivity (Wildman–Crippen MR) is 93.3 cm³/mol. The van der Waals surface area contributed by atoms with Crippen LogP contribution in [-0.2, 0) is 17.9 Å². The molecular weight excluding hydrogens is 300 g/mol. The predicted octanol–water partition coefficient (Wildman–Crippen LogP) is 3.13. The van der Waals surface area contributed by atoms with Gasteiger partial charge in [0.05, 0.1) is 0 Å². The van der Waals surface area contributed by atoms with Gasteiger partial charge in [-0.2, -0.15) is 0 Å². The Kier molecular flexibility index (Phi) is 4.94. The molecule has 0 aliphatic carbocycles. The van der Waals surface area contributed by atoms with Crippen LogP contribution in [0.25, 0.3) is 0 Å². The number of fused-ring (bicyclic) bond motifs is 1. The summed E-state index contributed by atoms with van der Waals surface area (Å²) < 4.78 is 0. The van der Waals surface area contributed by atoms with Crippen LogP contribution in [-0.4, -0.2) is 22.8 Å². The molecule has 2 amide bonds. The van der Waals surface area contributed by atoms with Gasteiger partial charge >= 0.3 is 0 Å². The number of amides is 2. The molecule has 2 aromatic rings. The van der Waals surface area contributed by atoms with Crippen molar-refractivity contribution in [2.24, 2.45) is 0 Å². The van der Waals surface area contributed by atoms with Gasteiger partial charge in [0.15, 0.2) is 0 Å². The third-order valence-electron chi connectivity index (χ3n) is 4.40. The summed E-state index contributed by atoms with van der Waals surface area (Å²) >= 11 is 0. The largest absolute Gasteiger partial charge is 0.350 e. The van der Waals surface area contributed by atoms with Crippen LogP contribution in [0, 0.1) is 0 Å². The third kappa shape index (κ3) is 3.32. The molecule has 124 valence electrons. The highest BCUT2D eigenvalue weighted by Gasteiger charge is 2.35. The second-order valence-electron chi connectivity index (χ2n) is 6.10. The molecule has 0 radical (unpaired) electrons. The number of carbonyl (C=O) groups is 2. The molecule has 1 N–H and O–H groups in total. The number of nitrogens with zero attached hydrogens (tertiary/aromatic N) is 1. The molecule has 0 saturated carbocycles. The van der Waals surface area contributed by atoms with Crippen molar-refractivity contribution in [2.75, 3.05) is 0 Å². The van der Waals surface area contributed by atoms with Crippen LogP contribution in [0.5, 0.6) is 0 Å². The highest BCUT2D eigenvalue weighted by molar-refractivity contribution is 6.01. The van der Waals surface area contributed by atoms with E-state index < -0.39 is 6.04 Å². The normalized spacial score (nSPS) is 14.4. The molecule has 4 nitrogen and oxygen atoms in total. The second-order valence-corrected chi connectivity index (χ2v) is 6.10. The Bertz CT molecular complexity index is 727. The van der Waals surface area contributed by atoms with Gasteiger partial charge in [0, 0.05) is 18.7 Å². The van der Waals surface area contributed by atoms with Crippen molar-refractivity contribution >= 4 is 11.8 Å². The van der Waals surface area contributed by atoms with E-state index in [9.17, 15) is 9.59 Å². The van der Waals surface area contributed by atoms with Crippen molar-refractivity contribution in [3.8, 4) is 0 Å². The molecule has 1 heterocycles. The van der Waals surface area contributed by atoms with Gasteiger partial charge in [-0.15, -0.1) is 0 Å². The monoisotopic (exact) mass is 322 g/mol. The quantitative estimate of drug-likeness (QED) is 0.888. The van der Waals surface area contributed by atoms with Crippen molar-refractivity contribution in [3.05, 3.63) is 71.3 Å². The maximum absolute atomic E-state index is 12.7. The topological polar surface area (TPSA) is 49.4 Å². The van der Waals surface area contributed by atoms with Crippen LogP contribution < -0.4 is 5.32 Å². The molecule has 0 spiro atoms. The number of carbonyl (C=O) groups excluding carboxylic acids is 2. The van der Waals surface area contributed by atoms with Gasteiger partial charge in [-0.25, -0.2) is 0 Å². The molecule has 1 aliphatic heterocycles. The summed E-state index contributed by atoms with van der Waals surface area (Å²) in [7, 11) is 0. The second kappa shape index (κ2) is 7.30. The van der Waals surface area contributed by atoms with E-state index in [4.69, 9.17) is 0 Å². The molecule has 1 atom stereocenters. The Labute approximate surface area is 142 Å². The SMILES string of the molecule is CCCC(C(=O)NCc1ccccc1)N1Cc2ccccc2C1=O. The highest BCUT2D eigenvalue weighted by atomic mass is 16.2. The average Bonchev–Trinajstić information content (AvgIpc) is 2.95. The molecule has 2 aromatic carbocycles. The Morgan fingerprint density at radius 3 is 2.54 bits per heavy atom. The van der Waals surface area contributed by atoms with E-state index in [0.717, 1.165) is 23.1 Å². The molecule has 24 heavy (non-hydrogen) atoms. The number of hydrogen-bond acceptors (Lipinski definition) is 2. The first-order valence-corrected chi connectivity index (χ1v) is 8.41. The maximum atomic E-state index is 12.7. The zero-order valence-electron chi connectivity index (χ0n) is 13.9. The van der Waals surface area contributed by atoms with Crippen LogP contribution in [0.15, 0.2) is 54.6 Å². The number of nitrogens with one attached hydrogen (secondary N) is 1. The van der Waals surface area contributed by atoms with E-state index in [1.165, 1.54) is 0 Å². The van der Waals surface area contributed by atoms with Crippen molar-refractivity contribution in [3.63, 3.8) is 0 Å². The fraction of sp³-hybridized carbons (Fsp3) is 0.300. The van der Waals surface area contributed by atoms with Gasteiger partial charge in [0.25, 0.3) is 5.91 Å². The van der Waals surface area contributed by atoms with Crippen LogP contribution in [0.2, 0.25) is 0 Å². The van der Waals surface area contributed by atoms with Crippen LogP contribution >= 0.6 is 0 Å². The summed E-state index contributed by atoms with van der Waals surface area (Å²) in [6.45, 7) is 3.03. The Morgan fingerprint density at radius 1 is 1.12 bits per heavy atom. The van der Waals surface area contributed by atoms with Crippen molar-refractivity contribution in [1.29, 1.82) is 0 Å². The van der Waals surface area contributed by atoms with E-state index in [1.807, 2.05) is 61.5 Å². The summed E-state index contributed by atoms with van der Waals surface area (Å²) in [6, 6.07) is 17.0. The minimum atomic E-state index is -0.418. The Morgan fingerprint density at radius 2 is 1.83 bits per heavy atom. The molecule has 0 bridgehead atoms. The molecule has 1 unspecified atom stereocenters. The minimum absolute atomic E-state index is 0.0427. The van der Waals surface area contributed by atoms with Gasteiger partial charge in [-0.05, 0) is 23.6 Å². The van der Waals surface area contributed by atoms with Gasteiger partial charge in [0.2, 0.25) is 5.91 Å². The van der Waals surface area contributed by atoms with E-state index in [-0.39, 0.29) is 11.8 Å². The van der Waals surface area contributed by atoms with E-state index in [1.54, 1.807) is 4.90 Å². The van der Waals surface area contributed by atoms with Gasteiger partial charge < -0.3 is 10.2 Å². The minimum Gasteiger partial charge on any atom is -0.350 e. The summed E-state index contributed by atoms with van der Waals surface area (Å²) in [6.07, 6.45) is 1.52. The van der Waals surface area contributed by atoms with Crippen LogP contribution in [0.3, 0.4) is 0 Å². The molecule has 0 fully saturated rings. The van der Waals surface area contributed by atoms with E-state index in [0.29, 0.717) is 19.5 Å². The average molecular weight is 322 g/mol. The highest BCUT2D eigenvalue weighted by Crippen LogP contribution is 2.26. The van der Waals surface area contributed by atoms with Gasteiger partial charge in [0.1, 0.15) is 6.04 Å². The van der Waals surface area contributed by atoms with E-state index >= 15 is 0 Å². The summed E-state index contributed by atoms with van der Waals surface area (Å²) in [5.41, 5.74) is 2.77. The molecule has 3 rings (SSSR count). The van der Waals surface area contributed by atoms with Gasteiger partial charge in [-0.1, -0.05) is 61.9 Å². The van der Waals surface area contributed by atoms with Crippen molar-refractivity contribution < 1.29 is 9.59 Å².